The van der Waals surface area contributed by atoms with Crippen molar-refractivity contribution >= 4 is 15.9 Å². The van der Waals surface area contributed by atoms with Crippen LogP contribution in [-0.4, -0.2) is 37.3 Å². The van der Waals surface area contributed by atoms with Gasteiger partial charge in [-0.25, -0.2) is 4.39 Å². The van der Waals surface area contributed by atoms with Crippen LogP contribution in [0, 0.1) is 11.7 Å². The fourth-order valence-corrected chi connectivity index (χ4v) is 3.31. The van der Waals surface area contributed by atoms with Gasteiger partial charge in [0.1, 0.15) is 0 Å². The third kappa shape index (κ3) is 3.40. The van der Waals surface area contributed by atoms with E-state index < -0.39 is 16.0 Å². The Morgan fingerprint density at radius 3 is 2.74 bits per heavy atom. The highest BCUT2D eigenvalue weighted by atomic mass is 32.2. The number of aromatic nitrogens is 1. The van der Waals surface area contributed by atoms with Gasteiger partial charge in [0.2, 0.25) is 0 Å². The van der Waals surface area contributed by atoms with E-state index in [2.05, 4.69) is 9.71 Å². The number of nitrogens with one attached hydrogen (secondary N) is 1. The van der Waals surface area contributed by atoms with Gasteiger partial charge in [-0.1, -0.05) is 0 Å². The molecule has 6 nitrogen and oxygen atoms in total. The average Bonchev–Trinajstić information content (AvgIpc) is 2.41. The highest BCUT2D eigenvalue weighted by Crippen LogP contribution is 2.21. The van der Waals surface area contributed by atoms with E-state index >= 15 is 0 Å². The van der Waals surface area contributed by atoms with E-state index in [0.717, 1.165) is 19.0 Å². The molecule has 0 aliphatic carbocycles. The summed E-state index contributed by atoms with van der Waals surface area (Å²) in [4.78, 5) is 3.57. The first kappa shape index (κ1) is 14.2. The predicted molar refractivity (Wildman–Crippen MR) is 70.1 cm³/mol. The molecule has 0 aromatic carbocycles. The standard InChI is InChI=1S/C11H17FN4O2S/c12-10-8-14-4-1-11(10)15-19(17,18)16-5-2-9(7-13)3-6-16/h1,4,8-9H,2-3,5-7,13H2,(H,14,15). The number of hydrogen-bond acceptors (Lipinski definition) is 4. The highest BCUT2D eigenvalue weighted by Gasteiger charge is 2.27. The normalized spacial score (nSPS) is 18.4. The maximum Gasteiger partial charge on any atom is 0.301 e. The number of halogens is 1. The number of pyridine rings is 1. The second-order valence-corrected chi connectivity index (χ2v) is 6.21. The van der Waals surface area contributed by atoms with Gasteiger partial charge in [-0.3, -0.25) is 9.71 Å². The van der Waals surface area contributed by atoms with E-state index in [0.29, 0.717) is 25.6 Å². The number of piperidine rings is 1. The zero-order valence-corrected chi connectivity index (χ0v) is 11.2. The summed E-state index contributed by atoms with van der Waals surface area (Å²) in [6, 6.07) is 1.29. The van der Waals surface area contributed by atoms with Crippen molar-refractivity contribution in [3.63, 3.8) is 0 Å². The third-order valence-corrected chi connectivity index (χ3v) is 4.78. The summed E-state index contributed by atoms with van der Waals surface area (Å²) in [7, 11) is -3.72. The molecule has 1 saturated heterocycles. The van der Waals surface area contributed by atoms with E-state index in [1.807, 2.05) is 0 Å². The molecule has 2 rings (SSSR count). The molecular weight excluding hydrogens is 271 g/mol. The minimum atomic E-state index is -3.72. The van der Waals surface area contributed by atoms with E-state index in [-0.39, 0.29) is 5.69 Å². The molecule has 0 unspecified atom stereocenters. The molecule has 0 atom stereocenters. The molecule has 0 amide bonds. The summed E-state index contributed by atoms with van der Waals surface area (Å²) in [5, 5.41) is 0. The third-order valence-electron chi connectivity index (χ3n) is 3.26. The Labute approximate surface area is 112 Å². The molecule has 1 fully saturated rings. The van der Waals surface area contributed by atoms with Crippen LogP contribution in [0.2, 0.25) is 0 Å². The lowest BCUT2D eigenvalue weighted by atomic mass is 9.99. The van der Waals surface area contributed by atoms with E-state index in [9.17, 15) is 12.8 Å². The maximum atomic E-state index is 13.4. The smallest absolute Gasteiger partial charge is 0.301 e. The molecule has 1 aliphatic rings. The van der Waals surface area contributed by atoms with Crippen LogP contribution in [0.3, 0.4) is 0 Å². The minimum absolute atomic E-state index is 0.0871. The van der Waals surface area contributed by atoms with Crippen molar-refractivity contribution in [3.05, 3.63) is 24.3 Å². The first-order valence-corrected chi connectivity index (χ1v) is 7.54. The molecule has 1 aromatic heterocycles. The lowest BCUT2D eigenvalue weighted by Gasteiger charge is -2.30. The second kappa shape index (κ2) is 5.81. The largest absolute Gasteiger partial charge is 0.330 e. The highest BCUT2D eigenvalue weighted by molar-refractivity contribution is 7.90. The van der Waals surface area contributed by atoms with Gasteiger partial charge in [0.05, 0.1) is 11.9 Å². The Hall–Kier alpha value is -1.25. The molecule has 106 valence electrons. The lowest BCUT2D eigenvalue weighted by Crippen LogP contribution is -2.42. The van der Waals surface area contributed by atoms with Gasteiger partial charge in [-0.2, -0.15) is 12.7 Å². The van der Waals surface area contributed by atoms with Gasteiger partial charge in [0, 0.05) is 19.3 Å². The van der Waals surface area contributed by atoms with Crippen LogP contribution in [0.25, 0.3) is 0 Å². The van der Waals surface area contributed by atoms with Crippen molar-refractivity contribution in [2.45, 2.75) is 12.8 Å². The Balaban J connectivity index is 2.05. The van der Waals surface area contributed by atoms with Gasteiger partial charge in [-0.05, 0) is 31.4 Å². The molecule has 2 heterocycles. The van der Waals surface area contributed by atoms with Crippen molar-refractivity contribution in [3.8, 4) is 0 Å². The SMILES string of the molecule is NCC1CCN(S(=O)(=O)Nc2ccncc2F)CC1. The quantitative estimate of drug-likeness (QED) is 0.846. The summed E-state index contributed by atoms with van der Waals surface area (Å²) >= 11 is 0. The van der Waals surface area contributed by atoms with Crippen molar-refractivity contribution in [1.29, 1.82) is 0 Å². The van der Waals surface area contributed by atoms with E-state index in [4.69, 9.17) is 5.73 Å². The monoisotopic (exact) mass is 288 g/mol. The maximum absolute atomic E-state index is 13.4. The van der Waals surface area contributed by atoms with Gasteiger partial charge in [0.25, 0.3) is 0 Å². The molecule has 8 heteroatoms. The Kier molecular flexibility index (Phi) is 4.33. The lowest BCUT2D eigenvalue weighted by molar-refractivity contribution is 0.280. The van der Waals surface area contributed by atoms with E-state index in [1.54, 1.807) is 0 Å². The Bertz CT molecular complexity index is 529. The molecule has 0 spiro atoms. The summed E-state index contributed by atoms with van der Waals surface area (Å²) < 4.78 is 41.1. The van der Waals surface area contributed by atoms with Crippen LogP contribution in [0.5, 0.6) is 0 Å². The van der Waals surface area contributed by atoms with Crippen molar-refractivity contribution < 1.29 is 12.8 Å². The van der Waals surface area contributed by atoms with Crippen molar-refractivity contribution in [2.75, 3.05) is 24.4 Å². The Morgan fingerprint density at radius 2 is 2.16 bits per heavy atom. The fourth-order valence-electron chi connectivity index (χ4n) is 2.05. The van der Waals surface area contributed by atoms with Crippen LogP contribution >= 0.6 is 0 Å². The van der Waals surface area contributed by atoms with Gasteiger partial charge in [0.15, 0.2) is 5.82 Å². The zero-order chi connectivity index (χ0) is 13.9. The number of hydrogen-bond donors (Lipinski definition) is 2. The van der Waals surface area contributed by atoms with Gasteiger partial charge in [-0.15, -0.1) is 0 Å². The molecule has 0 radical (unpaired) electrons. The van der Waals surface area contributed by atoms with Crippen LogP contribution < -0.4 is 10.5 Å². The number of anilines is 1. The van der Waals surface area contributed by atoms with Crippen LogP contribution in [0.4, 0.5) is 10.1 Å². The van der Waals surface area contributed by atoms with Crippen LogP contribution in [0.15, 0.2) is 18.5 Å². The summed E-state index contributed by atoms with van der Waals surface area (Å²) in [6.45, 7) is 1.38. The molecule has 0 bridgehead atoms. The molecule has 1 aromatic rings. The molecule has 3 N–H and O–H groups in total. The van der Waals surface area contributed by atoms with E-state index in [1.165, 1.54) is 16.6 Å². The number of rotatable bonds is 4. The molecular formula is C11H17FN4O2S. The summed E-state index contributed by atoms with van der Waals surface area (Å²) in [6.07, 6.45) is 3.77. The summed E-state index contributed by atoms with van der Waals surface area (Å²) in [5.74, 6) is -0.327. The first-order chi connectivity index (χ1) is 9.03. The van der Waals surface area contributed by atoms with Crippen LogP contribution in [0.1, 0.15) is 12.8 Å². The van der Waals surface area contributed by atoms with Gasteiger partial charge >= 0.3 is 10.2 Å². The topological polar surface area (TPSA) is 88.3 Å². The first-order valence-electron chi connectivity index (χ1n) is 6.10. The Morgan fingerprint density at radius 1 is 1.47 bits per heavy atom. The molecule has 1 aliphatic heterocycles. The van der Waals surface area contributed by atoms with Crippen LogP contribution in [-0.2, 0) is 10.2 Å². The summed E-state index contributed by atoms with van der Waals surface area (Å²) in [5.41, 5.74) is 5.47. The average molecular weight is 288 g/mol. The number of nitrogens with two attached hydrogens (primary N) is 1. The fraction of sp³-hybridized carbons (Fsp3) is 0.545. The molecule has 0 saturated carbocycles. The molecule has 19 heavy (non-hydrogen) atoms. The van der Waals surface area contributed by atoms with Crippen molar-refractivity contribution in [2.24, 2.45) is 11.7 Å². The zero-order valence-electron chi connectivity index (χ0n) is 10.4. The van der Waals surface area contributed by atoms with Gasteiger partial charge < -0.3 is 5.73 Å². The predicted octanol–water partition coefficient (Wildman–Crippen LogP) is 0.548. The van der Waals surface area contributed by atoms with Crippen molar-refractivity contribution in [1.82, 2.24) is 9.29 Å². The second-order valence-electron chi connectivity index (χ2n) is 4.54. The minimum Gasteiger partial charge on any atom is -0.330 e. The number of nitrogens with zero attached hydrogens (tertiary/aromatic N) is 2.